The number of piperazine rings is 2. The van der Waals surface area contributed by atoms with Gasteiger partial charge in [0.2, 0.25) is 0 Å². The van der Waals surface area contributed by atoms with E-state index in [1.807, 2.05) is 6.92 Å². The highest BCUT2D eigenvalue weighted by Gasteiger charge is 2.37. The molecule has 1 atom stereocenters. The molecule has 2 aliphatic rings. The normalized spacial score (nSPS) is 24.8. The maximum Gasteiger partial charge on any atom is 0.312 e. The van der Waals surface area contributed by atoms with Crippen LogP contribution in [0.3, 0.4) is 0 Å². The Kier molecular flexibility index (Phi) is 3.64. The van der Waals surface area contributed by atoms with Crippen LogP contribution in [0.1, 0.15) is 13.3 Å². The summed E-state index contributed by atoms with van der Waals surface area (Å²) in [6.07, 6.45) is 0.865. The quantitative estimate of drug-likeness (QED) is 0.495. The largest absolute Gasteiger partial charge is 0.346 e. The molecule has 0 aliphatic carbocycles. The second-order valence-corrected chi connectivity index (χ2v) is 4.34. The van der Waals surface area contributed by atoms with Gasteiger partial charge in [-0.25, -0.2) is 0 Å². The van der Waals surface area contributed by atoms with Gasteiger partial charge in [-0.15, -0.1) is 11.8 Å². The fourth-order valence-corrected chi connectivity index (χ4v) is 2.32. The third-order valence-corrected chi connectivity index (χ3v) is 3.25. The number of nitrogens with zero attached hydrogens (tertiary/aromatic N) is 2. The molecule has 17 heavy (non-hydrogen) atoms. The van der Waals surface area contributed by atoms with Crippen LogP contribution in [0, 0.1) is 11.8 Å². The minimum atomic E-state index is -0.466. The van der Waals surface area contributed by atoms with E-state index in [-0.39, 0.29) is 11.9 Å². The number of fused-ring (bicyclic) bond motifs is 1. The fraction of sp³-hybridized carbons (Fsp3) is 0.667. The van der Waals surface area contributed by atoms with E-state index >= 15 is 0 Å². The van der Waals surface area contributed by atoms with Crippen LogP contribution >= 0.6 is 0 Å². The van der Waals surface area contributed by atoms with E-state index in [2.05, 4.69) is 22.1 Å². The van der Waals surface area contributed by atoms with Crippen molar-refractivity contribution in [2.24, 2.45) is 0 Å². The molecule has 0 spiro atoms. The monoisotopic (exact) mass is 235 g/mol. The molecule has 0 aromatic heterocycles. The van der Waals surface area contributed by atoms with Crippen molar-refractivity contribution in [1.82, 2.24) is 15.1 Å². The highest BCUT2D eigenvalue weighted by Crippen LogP contribution is 2.12. The molecular formula is C12H17N3O2. The molecule has 0 bridgehead atoms. The lowest BCUT2D eigenvalue weighted by Gasteiger charge is -2.43. The number of carbonyl (C=O) groups is 2. The minimum absolute atomic E-state index is 0.128. The summed E-state index contributed by atoms with van der Waals surface area (Å²) < 4.78 is 0. The van der Waals surface area contributed by atoms with Crippen molar-refractivity contribution in [1.29, 1.82) is 0 Å². The van der Waals surface area contributed by atoms with Gasteiger partial charge in [0.15, 0.2) is 0 Å². The number of amides is 2. The predicted molar refractivity (Wildman–Crippen MR) is 63.0 cm³/mol. The van der Waals surface area contributed by atoms with Crippen LogP contribution in [-0.4, -0.2) is 60.4 Å². The highest BCUT2D eigenvalue weighted by molar-refractivity contribution is 6.35. The molecule has 2 amide bonds. The van der Waals surface area contributed by atoms with Crippen LogP contribution in [0.25, 0.3) is 0 Å². The Labute approximate surface area is 101 Å². The maximum atomic E-state index is 11.6. The van der Waals surface area contributed by atoms with Crippen LogP contribution in [0.5, 0.6) is 0 Å². The molecule has 0 aromatic rings. The summed E-state index contributed by atoms with van der Waals surface area (Å²) in [5, 5.41) is 2.63. The lowest BCUT2D eigenvalue weighted by atomic mass is 10.1. The molecule has 2 aliphatic heterocycles. The Morgan fingerprint density at radius 1 is 1.41 bits per heavy atom. The van der Waals surface area contributed by atoms with Gasteiger partial charge in [-0.05, 0) is 6.92 Å². The summed E-state index contributed by atoms with van der Waals surface area (Å²) in [5.74, 6) is 5.07. The number of nitrogens with one attached hydrogen (secondary N) is 1. The van der Waals surface area contributed by atoms with Crippen LogP contribution < -0.4 is 5.32 Å². The van der Waals surface area contributed by atoms with Gasteiger partial charge < -0.3 is 10.2 Å². The van der Waals surface area contributed by atoms with Crippen molar-refractivity contribution in [2.75, 3.05) is 32.7 Å². The minimum Gasteiger partial charge on any atom is -0.346 e. The molecule has 0 aromatic carbocycles. The van der Waals surface area contributed by atoms with Gasteiger partial charge in [0.05, 0.1) is 6.04 Å². The van der Waals surface area contributed by atoms with Crippen LogP contribution in [0.15, 0.2) is 0 Å². The van der Waals surface area contributed by atoms with E-state index in [9.17, 15) is 9.59 Å². The number of carbonyl (C=O) groups excluding carboxylic acids is 2. The summed E-state index contributed by atoms with van der Waals surface area (Å²) in [5.41, 5.74) is 0. The second kappa shape index (κ2) is 5.19. The van der Waals surface area contributed by atoms with Crippen LogP contribution in [0.4, 0.5) is 0 Å². The van der Waals surface area contributed by atoms with Gasteiger partial charge in [0.1, 0.15) is 0 Å². The molecule has 2 fully saturated rings. The molecule has 0 saturated carbocycles. The molecule has 5 heteroatoms. The fourth-order valence-electron chi connectivity index (χ4n) is 2.32. The topological polar surface area (TPSA) is 52.7 Å². The Morgan fingerprint density at radius 3 is 3.00 bits per heavy atom. The standard InChI is InChI=1S/C12H17N3O2/c1-2-3-4-5-14-6-7-15-10(9-14)8-13-11(16)12(15)17/h10H,4-9H2,1H3,(H,13,16)/t10-/m0/s1. The van der Waals surface area contributed by atoms with E-state index < -0.39 is 5.91 Å². The van der Waals surface area contributed by atoms with E-state index in [0.29, 0.717) is 13.1 Å². The molecule has 2 rings (SSSR count). The first kappa shape index (κ1) is 11.9. The molecular weight excluding hydrogens is 218 g/mol. The van der Waals surface area contributed by atoms with Crippen LogP contribution in [0.2, 0.25) is 0 Å². The van der Waals surface area contributed by atoms with E-state index in [1.54, 1.807) is 4.90 Å². The van der Waals surface area contributed by atoms with Gasteiger partial charge in [0.25, 0.3) is 0 Å². The Balaban J connectivity index is 1.89. The molecule has 2 heterocycles. The zero-order valence-corrected chi connectivity index (χ0v) is 10.0. The van der Waals surface area contributed by atoms with Gasteiger partial charge >= 0.3 is 11.8 Å². The predicted octanol–water partition coefficient (Wildman–Crippen LogP) is -0.958. The van der Waals surface area contributed by atoms with Crippen molar-refractivity contribution >= 4 is 11.8 Å². The first-order valence-corrected chi connectivity index (χ1v) is 5.93. The zero-order valence-electron chi connectivity index (χ0n) is 10.0. The third-order valence-electron chi connectivity index (χ3n) is 3.25. The summed E-state index contributed by atoms with van der Waals surface area (Å²) in [6, 6.07) is 0.128. The summed E-state index contributed by atoms with van der Waals surface area (Å²) in [7, 11) is 0. The molecule has 92 valence electrons. The summed E-state index contributed by atoms with van der Waals surface area (Å²) >= 11 is 0. The Morgan fingerprint density at radius 2 is 2.24 bits per heavy atom. The lowest BCUT2D eigenvalue weighted by molar-refractivity contribution is -0.152. The molecule has 1 N–H and O–H groups in total. The third kappa shape index (κ3) is 2.59. The van der Waals surface area contributed by atoms with Crippen molar-refractivity contribution in [2.45, 2.75) is 19.4 Å². The maximum absolute atomic E-state index is 11.6. The van der Waals surface area contributed by atoms with Gasteiger partial charge in [-0.2, -0.15) is 0 Å². The summed E-state index contributed by atoms with van der Waals surface area (Å²) in [4.78, 5) is 26.8. The zero-order chi connectivity index (χ0) is 12.3. The van der Waals surface area contributed by atoms with Crippen molar-refractivity contribution in [3.8, 4) is 11.8 Å². The Bertz CT molecular complexity index is 383. The first-order chi connectivity index (χ1) is 8.22. The lowest BCUT2D eigenvalue weighted by Crippen LogP contribution is -2.65. The van der Waals surface area contributed by atoms with E-state index in [4.69, 9.17) is 0 Å². The Hall–Kier alpha value is -1.54. The van der Waals surface area contributed by atoms with Crippen LogP contribution in [-0.2, 0) is 9.59 Å². The molecule has 5 nitrogen and oxygen atoms in total. The number of hydrogen-bond donors (Lipinski definition) is 1. The number of hydrogen-bond acceptors (Lipinski definition) is 3. The number of rotatable bonds is 2. The average Bonchev–Trinajstić information content (AvgIpc) is 2.34. The van der Waals surface area contributed by atoms with Gasteiger partial charge in [0, 0.05) is 39.1 Å². The first-order valence-electron chi connectivity index (χ1n) is 5.93. The summed E-state index contributed by atoms with van der Waals surface area (Å²) in [6.45, 7) is 5.66. The SMILES string of the molecule is CC#CCCN1CCN2C(=O)C(=O)NC[C@H]2C1. The van der Waals surface area contributed by atoms with E-state index in [1.165, 1.54) is 0 Å². The molecule has 2 saturated heterocycles. The second-order valence-electron chi connectivity index (χ2n) is 4.34. The molecule has 0 radical (unpaired) electrons. The van der Waals surface area contributed by atoms with Crippen molar-refractivity contribution in [3.63, 3.8) is 0 Å². The van der Waals surface area contributed by atoms with Gasteiger partial charge in [-0.3, -0.25) is 14.5 Å². The molecule has 0 unspecified atom stereocenters. The van der Waals surface area contributed by atoms with Crippen molar-refractivity contribution in [3.05, 3.63) is 0 Å². The van der Waals surface area contributed by atoms with E-state index in [0.717, 1.165) is 26.1 Å². The highest BCUT2D eigenvalue weighted by atomic mass is 16.2. The van der Waals surface area contributed by atoms with Gasteiger partial charge in [-0.1, -0.05) is 0 Å². The van der Waals surface area contributed by atoms with Crippen molar-refractivity contribution < 1.29 is 9.59 Å². The smallest absolute Gasteiger partial charge is 0.312 e. The average molecular weight is 235 g/mol.